The van der Waals surface area contributed by atoms with Gasteiger partial charge in [-0.25, -0.2) is 0 Å². The molecule has 0 radical (unpaired) electrons. The fourth-order valence-electron chi connectivity index (χ4n) is 3.00. The predicted octanol–water partition coefficient (Wildman–Crippen LogP) is 0.135. The van der Waals surface area contributed by atoms with Crippen LogP contribution in [0.2, 0.25) is 0 Å². The second-order valence-electron chi connectivity index (χ2n) is 5.74. The Morgan fingerprint density at radius 2 is 1.75 bits per heavy atom. The lowest BCUT2D eigenvalue weighted by Crippen LogP contribution is -2.55. The summed E-state index contributed by atoms with van der Waals surface area (Å²) in [5.41, 5.74) is 0. The Balaban J connectivity index is 2.23. The average Bonchev–Trinajstić information content (AvgIpc) is 2.70. The van der Waals surface area contributed by atoms with Crippen molar-refractivity contribution in [2.75, 3.05) is 19.6 Å². The third-order valence-electron chi connectivity index (χ3n) is 3.92. The van der Waals surface area contributed by atoms with Gasteiger partial charge in [-0.15, -0.1) is 0 Å². The van der Waals surface area contributed by atoms with Crippen molar-refractivity contribution in [2.24, 2.45) is 5.92 Å². The first-order valence-corrected chi connectivity index (χ1v) is 8.28. The Hall–Kier alpha value is -0.700. The lowest BCUT2D eigenvalue weighted by molar-refractivity contribution is -0.141. The van der Waals surface area contributed by atoms with Gasteiger partial charge in [0.05, 0.1) is 12.2 Å². The fraction of sp³-hybridized carbons (Fsp3) is 0.917. The second kappa shape index (κ2) is 5.59. The molecule has 7 nitrogen and oxygen atoms in total. The molecule has 0 bridgehead atoms. The van der Waals surface area contributed by atoms with Gasteiger partial charge in [0, 0.05) is 19.6 Å². The van der Waals surface area contributed by atoms with Gasteiger partial charge in [-0.2, -0.15) is 17.0 Å². The first-order valence-electron chi connectivity index (χ1n) is 6.88. The van der Waals surface area contributed by atoms with Crippen LogP contribution in [0.5, 0.6) is 0 Å². The molecule has 2 heterocycles. The Bertz CT molecular complexity index is 470. The first kappa shape index (κ1) is 15.7. The predicted molar refractivity (Wildman–Crippen MR) is 72.4 cm³/mol. The highest BCUT2D eigenvalue weighted by Crippen LogP contribution is 2.29. The van der Waals surface area contributed by atoms with E-state index >= 15 is 0 Å². The monoisotopic (exact) mass is 306 g/mol. The van der Waals surface area contributed by atoms with Crippen LogP contribution in [0.3, 0.4) is 0 Å². The highest BCUT2D eigenvalue weighted by molar-refractivity contribution is 7.86. The van der Waals surface area contributed by atoms with Crippen molar-refractivity contribution >= 4 is 16.2 Å². The molecule has 4 atom stereocenters. The quantitative estimate of drug-likeness (QED) is 0.801. The van der Waals surface area contributed by atoms with Crippen LogP contribution in [0.15, 0.2) is 0 Å². The summed E-state index contributed by atoms with van der Waals surface area (Å²) in [6.07, 6.45) is 0.208. The number of rotatable bonds is 3. The minimum Gasteiger partial charge on any atom is -0.480 e. The Morgan fingerprint density at radius 3 is 2.25 bits per heavy atom. The molecule has 2 aliphatic heterocycles. The number of morpholine rings is 1. The molecule has 1 N–H and O–H groups in total. The summed E-state index contributed by atoms with van der Waals surface area (Å²) in [4.78, 5) is 11.3. The molecule has 20 heavy (non-hydrogen) atoms. The molecule has 8 heteroatoms. The van der Waals surface area contributed by atoms with Gasteiger partial charge >= 0.3 is 5.97 Å². The molecule has 2 fully saturated rings. The van der Waals surface area contributed by atoms with Gasteiger partial charge in [0.2, 0.25) is 0 Å². The van der Waals surface area contributed by atoms with Crippen molar-refractivity contribution in [3.8, 4) is 0 Å². The number of carbonyl (C=O) groups is 1. The molecular weight excluding hydrogens is 284 g/mol. The van der Waals surface area contributed by atoms with Crippen LogP contribution >= 0.6 is 0 Å². The lowest BCUT2D eigenvalue weighted by Gasteiger charge is -2.37. The maximum atomic E-state index is 12.7. The molecule has 0 aromatic heterocycles. The molecule has 0 spiro atoms. The van der Waals surface area contributed by atoms with Crippen molar-refractivity contribution < 1.29 is 23.1 Å². The Labute approximate surface area is 119 Å². The van der Waals surface area contributed by atoms with E-state index in [1.165, 1.54) is 4.31 Å². The minimum atomic E-state index is -3.75. The van der Waals surface area contributed by atoms with Crippen molar-refractivity contribution in [2.45, 2.75) is 45.4 Å². The molecule has 2 saturated heterocycles. The van der Waals surface area contributed by atoms with Crippen LogP contribution < -0.4 is 0 Å². The van der Waals surface area contributed by atoms with E-state index in [2.05, 4.69) is 0 Å². The molecule has 0 aromatic rings. The van der Waals surface area contributed by atoms with Crippen LogP contribution in [0, 0.1) is 5.92 Å². The third-order valence-corrected chi connectivity index (χ3v) is 5.87. The first-order chi connectivity index (χ1) is 9.23. The SMILES string of the molecule is CC1CN(S(=O)(=O)N2CCC(C)C2C(=O)O)CC(C)O1. The molecule has 4 unspecified atom stereocenters. The summed E-state index contributed by atoms with van der Waals surface area (Å²) in [6.45, 7) is 6.21. The van der Waals surface area contributed by atoms with Crippen molar-refractivity contribution in [1.82, 2.24) is 8.61 Å². The van der Waals surface area contributed by atoms with Crippen molar-refractivity contribution in [1.29, 1.82) is 0 Å². The van der Waals surface area contributed by atoms with Crippen LogP contribution in [0.1, 0.15) is 27.2 Å². The van der Waals surface area contributed by atoms with Crippen LogP contribution in [-0.4, -0.2) is 66.0 Å². The number of carboxylic acid groups (broad SMARTS) is 1. The number of hydrogen-bond acceptors (Lipinski definition) is 4. The lowest BCUT2D eigenvalue weighted by atomic mass is 10.0. The second-order valence-corrected chi connectivity index (χ2v) is 7.62. The van der Waals surface area contributed by atoms with Gasteiger partial charge in [-0.3, -0.25) is 4.79 Å². The van der Waals surface area contributed by atoms with Crippen molar-refractivity contribution in [3.05, 3.63) is 0 Å². The van der Waals surface area contributed by atoms with E-state index in [1.807, 2.05) is 13.8 Å². The highest BCUT2D eigenvalue weighted by atomic mass is 32.2. The molecule has 116 valence electrons. The molecule has 0 aromatic carbocycles. The Morgan fingerprint density at radius 1 is 1.20 bits per heavy atom. The van der Waals surface area contributed by atoms with E-state index in [-0.39, 0.29) is 37.8 Å². The molecule has 0 saturated carbocycles. The van der Waals surface area contributed by atoms with E-state index < -0.39 is 22.2 Å². The summed E-state index contributed by atoms with van der Waals surface area (Å²) in [5.74, 6) is -1.24. The van der Waals surface area contributed by atoms with Gasteiger partial charge in [0.1, 0.15) is 6.04 Å². The maximum absolute atomic E-state index is 12.7. The smallest absolute Gasteiger partial charge is 0.322 e. The molecule has 0 amide bonds. The molecule has 2 rings (SSSR count). The molecular formula is C12H22N2O5S. The summed E-state index contributed by atoms with van der Waals surface area (Å²) in [5, 5.41) is 9.27. The van der Waals surface area contributed by atoms with Gasteiger partial charge in [0.15, 0.2) is 0 Å². The zero-order chi connectivity index (χ0) is 15.1. The average molecular weight is 306 g/mol. The number of hydrogen-bond donors (Lipinski definition) is 1. The van der Waals surface area contributed by atoms with Crippen LogP contribution in [-0.2, 0) is 19.7 Å². The summed E-state index contributed by atoms with van der Waals surface area (Å²) in [6, 6.07) is -0.964. The van der Waals surface area contributed by atoms with E-state index in [0.717, 1.165) is 4.31 Å². The van der Waals surface area contributed by atoms with Gasteiger partial charge in [-0.05, 0) is 26.2 Å². The number of nitrogens with zero attached hydrogens (tertiary/aromatic N) is 2. The van der Waals surface area contributed by atoms with Gasteiger partial charge < -0.3 is 9.84 Å². The maximum Gasteiger partial charge on any atom is 0.322 e. The summed E-state index contributed by atoms with van der Waals surface area (Å²) >= 11 is 0. The normalized spacial score (nSPS) is 37.1. The summed E-state index contributed by atoms with van der Waals surface area (Å²) < 4.78 is 33.4. The zero-order valence-electron chi connectivity index (χ0n) is 12.0. The van der Waals surface area contributed by atoms with E-state index in [9.17, 15) is 18.3 Å². The van der Waals surface area contributed by atoms with Crippen molar-refractivity contribution in [3.63, 3.8) is 0 Å². The molecule has 2 aliphatic rings. The minimum absolute atomic E-state index is 0.168. The van der Waals surface area contributed by atoms with Gasteiger partial charge in [-0.1, -0.05) is 6.92 Å². The number of carboxylic acids is 1. The molecule has 0 aliphatic carbocycles. The van der Waals surface area contributed by atoms with Gasteiger partial charge in [0.25, 0.3) is 10.2 Å². The number of ether oxygens (including phenoxy) is 1. The zero-order valence-corrected chi connectivity index (χ0v) is 12.8. The summed E-state index contributed by atoms with van der Waals surface area (Å²) in [7, 11) is -3.75. The third kappa shape index (κ3) is 2.83. The van der Waals surface area contributed by atoms with Crippen LogP contribution in [0.25, 0.3) is 0 Å². The largest absolute Gasteiger partial charge is 0.480 e. The standard InChI is InChI=1S/C12H22N2O5S/c1-8-4-5-14(11(8)12(15)16)20(17,18)13-6-9(2)19-10(3)7-13/h8-11H,4-7H2,1-3H3,(H,15,16). The van der Waals surface area contributed by atoms with E-state index in [1.54, 1.807) is 6.92 Å². The number of aliphatic carboxylic acids is 1. The van der Waals surface area contributed by atoms with Crippen LogP contribution in [0.4, 0.5) is 0 Å². The topological polar surface area (TPSA) is 87.2 Å². The van der Waals surface area contributed by atoms with E-state index in [0.29, 0.717) is 6.42 Å². The Kier molecular flexibility index (Phi) is 4.38. The fourth-order valence-corrected chi connectivity index (χ4v) is 5.02. The highest BCUT2D eigenvalue weighted by Gasteiger charge is 2.46. The van der Waals surface area contributed by atoms with E-state index in [4.69, 9.17) is 4.74 Å².